The van der Waals surface area contributed by atoms with Crippen molar-refractivity contribution in [2.45, 2.75) is 20.8 Å². The molecular formula is C15H18O2. The molecule has 0 unspecified atom stereocenters. The molecule has 0 aromatic heterocycles. The van der Waals surface area contributed by atoms with Crippen LogP contribution in [0.5, 0.6) is 0 Å². The van der Waals surface area contributed by atoms with E-state index in [9.17, 15) is 4.79 Å². The molecule has 17 heavy (non-hydrogen) atoms. The van der Waals surface area contributed by atoms with Gasteiger partial charge in [-0.25, -0.2) is 4.79 Å². The highest BCUT2D eigenvalue weighted by Gasteiger charge is 2.05. The number of ether oxygens (including phenoxy) is 1. The van der Waals surface area contributed by atoms with E-state index in [-0.39, 0.29) is 5.97 Å². The molecule has 2 aromatic carbocycles. The van der Waals surface area contributed by atoms with Crippen molar-refractivity contribution in [3.8, 4) is 0 Å². The zero-order valence-electron chi connectivity index (χ0n) is 10.8. The number of aryl methyl sites for hydroxylation is 1. The first-order valence-electron chi connectivity index (χ1n) is 5.79. The molecule has 0 radical (unpaired) electrons. The second kappa shape index (κ2) is 6.04. The summed E-state index contributed by atoms with van der Waals surface area (Å²) in [5.74, 6) is -0.294. The summed E-state index contributed by atoms with van der Waals surface area (Å²) < 4.78 is 4.67. The van der Waals surface area contributed by atoms with Crippen LogP contribution >= 0.6 is 0 Å². The third-order valence-electron chi connectivity index (χ3n) is 2.42. The Labute approximate surface area is 102 Å². The Morgan fingerprint density at radius 3 is 2.24 bits per heavy atom. The number of rotatable bonds is 1. The third-order valence-corrected chi connectivity index (χ3v) is 2.42. The van der Waals surface area contributed by atoms with Gasteiger partial charge in [0.15, 0.2) is 0 Å². The van der Waals surface area contributed by atoms with E-state index in [0.717, 1.165) is 10.8 Å². The van der Waals surface area contributed by atoms with Crippen LogP contribution in [0.2, 0.25) is 0 Å². The number of methoxy groups -OCH3 is 1. The van der Waals surface area contributed by atoms with Gasteiger partial charge >= 0.3 is 5.97 Å². The summed E-state index contributed by atoms with van der Waals surface area (Å²) >= 11 is 0. The van der Waals surface area contributed by atoms with Crippen molar-refractivity contribution in [3.63, 3.8) is 0 Å². The monoisotopic (exact) mass is 230 g/mol. The first-order chi connectivity index (χ1) is 8.20. The largest absolute Gasteiger partial charge is 0.465 e. The van der Waals surface area contributed by atoms with E-state index >= 15 is 0 Å². The van der Waals surface area contributed by atoms with Crippen LogP contribution in [0.3, 0.4) is 0 Å². The summed E-state index contributed by atoms with van der Waals surface area (Å²) in [4.78, 5) is 11.3. The second-order valence-electron chi connectivity index (χ2n) is 3.56. The van der Waals surface area contributed by atoms with Gasteiger partial charge in [0.05, 0.1) is 12.7 Å². The van der Waals surface area contributed by atoms with E-state index in [1.54, 1.807) is 6.07 Å². The van der Waals surface area contributed by atoms with Crippen LogP contribution < -0.4 is 0 Å². The van der Waals surface area contributed by atoms with Crippen LogP contribution in [0.1, 0.15) is 29.8 Å². The van der Waals surface area contributed by atoms with Gasteiger partial charge in [-0.15, -0.1) is 0 Å². The van der Waals surface area contributed by atoms with Crippen LogP contribution in [-0.4, -0.2) is 13.1 Å². The molecular weight excluding hydrogens is 212 g/mol. The topological polar surface area (TPSA) is 26.3 Å². The van der Waals surface area contributed by atoms with E-state index in [1.165, 1.54) is 12.7 Å². The van der Waals surface area contributed by atoms with Crippen molar-refractivity contribution < 1.29 is 9.53 Å². The fourth-order valence-electron chi connectivity index (χ4n) is 1.61. The maximum absolute atomic E-state index is 11.3. The molecule has 0 bridgehead atoms. The lowest BCUT2D eigenvalue weighted by atomic mass is 10.0. The molecule has 2 heteroatoms. The van der Waals surface area contributed by atoms with Crippen LogP contribution in [-0.2, 0) is 4.74 Å². The summed E-state index contributed by atoms with van der Waals surface area (Å²) in [7, 11) is 1.39. The third kappa shape index (κ3) is 3.06. The van der Waals surface area contributed by atoms with Crippen molar-refractivity contribution in [1.29, 1.82) is 0 Å². The molecule has 2 nitrogen and oxygen atoms in total. The smallest absolute Gasteiger partial charge is 0.337 e. The van der Waals surface area contributed by atoms with Gasteiger partial charge < -0.3 is 4.74 Å². The summed E-state index contributed by atoms with van der Waals surface area (Å²) in [6.07, 6.45) is 0. The fraction of sp³-hybridized carbons (Fsp3) is 0.267. The summed E-state index contributed by atoms with van der Waals surface area (Å²) in [6, 6.07) is 11.7. The van der Waals surface area contributed by atoms with Gasteiger partial charge in [-0.1, -0.05) is 43.7 Å². The number of fused-ring (bicyclic) bond motifs is 1. The van der Waals surface area contributed by atoms with E-state index < -0.39 is 0 Å². The van der Waals surface area contributed by atoms with Crippen LogP contribution in [0.25, 0.3) is 10.8 Å². The predicted molar refractivity (Wildman–Crippen MR) is 71.4 cm³/mol. The lowest BCUT2D eigenvalue weighted by Crippen LogP contribution is -2.00. The van der Waals surface area contributed by atoms with E-state index in [4.69, 9.17) is 0 Å². The van der Waals surface area contributed by atoms with Gasteiger partial charge in [0.2, 0.25) is 0 Å². The van der Waals surface area contributed by atoms with Crippen LogP contribution in [0.4, 0.5) is 0 Å². The van der Waals surface area contributed by atoms with Gasteiger partial charge in [-0.2, -0.15) is 0 Å². The Morgan fingerprint density at radius 2 is 1.59 bits per heavy atom. The molecule has 0 spiro atoms. The molecule has 0 saturated heterocycles. The highest BCUT2D eigenvalue weighted by molar-refractivity contribution is 5.95. The van der Waals surface area contributed by atoms with E-state index in [1.807, 2.05) is 45.0 Å². The molecule has 0 aliphatic carbocycles. The number of esters is 1. The van der Waals surface area contributed by atoms with Gasteiger partial charge in [-0.05, 0) is 29.8 Å². The highest BCUT2D eigenvalue weighted by Crippen LogP contribution is 2.17. The zero-order valence-corrected chi connectivity index (χ0v) is 10.8. The molecule has 0 atom stereocenters. The van der Waals surface area contributed by atoms with Gasteiger partial charge in [0, 0.05) is 0 Å². The first kappa shape index (κ1) is 13.2. The zero-order chi connectivity index (χ0) is 12.8. The molecule has 0 amide bonds. The van der Waals surface area contributed by atoms with E-state index in [2.05, 4.69) is 10.8 Å². The van der Waals surface area contributed by atoms with Crippen LogP contribution in [0, 0.1) is 6.92 Å². The minimum atomic E-state index is -0.294. The Morgan fingerprint density at radius 1 is 1.00 bits per heavy atom. The average Bonchev–Trinajstić information content (AvgIpc) is 2.39. The molecule has 0 fully saturated rings. The van der Waals surface area contributed by atoms with Gasteiger partial charge in [-0.3, -0.25) is 0 Å². The first-order valence-corrected chi connectivity index (χ1v) is 5.79. The second-order valence-corrected chi connectivity index (χ2v) is 3.56. The number of benzene rings is 2. The molecule has 2 aromatic rings. The number of hydrogen-bond donors (Lipinski definition) is 0. The Bertz CT molecular complexity index is 515. The molecule has 0 N–H and O–H groups in total. The average molecular weight is 230 g/mol. The molecule has 0 heterocycles. The van der Waals surface area contributed by atoms with Crippen molar-refractivity contribution in [1.82, 2.24) is 0 Å². The molecule has 0 aliphatic heterocycles. The maximum atomic E-state index is 11.3. The fourth-order valence-corrected chi connectivity index (χ4v) is 1.61. The summed E-state index contributed by atoms with van der Waals surface area (Å²) in [6.45, 7) is 6.05. The van der Waals surface area contributed by atoms with Crippen molar-refractivity contribution in [2.24, 2.45) is 0 Å². The normalized spacial score (nSPS) is 9.41. The molecule has 0 aliphatic rings. The SMILES string of the molecule is CC.COC(=O)c1ccc2cc(C)ccc2c1. The minimum absolute atomic E-state index is 0.294. The molecule has 0 saturated carbocycles. The Balaban J connectivity index is 0.000000686. The maximum Gasteiger partial charge on any atom is 0.337 e. The standard InChI is InChI=1S/C13H12O2.C2H6/c1-9-3-4-11-8-12(13(14)15-2)6-5-10(11)7-9;1-2/h3-8H,1-2H3;1-2H3. The highest BCUT2D eigenvalue weighted by atomic mass is 16.5. The van der Waals surface area contributed by atoms with Crippen molar-refractivity contribution in [3.05, 3.63) is 47.5 Å². The number of hydrogen-bond acceptors (Lipinski definition) is 2. The minimum Gasteiger partial charge on any atom is -0.465 e. The quantitative estimate of drug-likeness (QED) is 0.693. The molecule has 2 rings (SSSR count). The summed E-state index contributed by atoms with van der Waals surface area (Å²) in [5, 5.41) is 2.20. The van der Waals surface area contributed by atoms with Gasteiger partial charge in [0.1, 0.15) is 0 Å². The Kier molecular flexibility index (Phi) is 4.70. The van der Waals surface area contributed by atoms with Crippen molar-refractivity contribution in [2.75, 3.05) is 7.11 Å². The van der Waals surface area contributed by atoms with Crippen molar-refractivity contribution >= 4 is 16.7 Å². The number of carbonyl (C=O) groups is 1. The van der Waals surface area contributed by atoms with E-state index in [0.29, 0.717) is 5.56 Å². The Hall–Kier alpha value is -1.83. The lowest BCUT2D eigenvalue weighted by molar-refractivity contribution is 0.0601. The number of carbonyl (C=O) groups excluding carboxylic acids is 1. The summed E-state index contributed by atoms with van der Waals surface area (Å²) in [5.41, 5.74) is 1.81. The molecule has 90 valence electrons. The lowest BCUT2D eigenvalue weighted by Gasteiger charge is -2.02. The van der Waals surface area contributed by atoms with Crippen LogP contribution in [0.15, 0.2) is 36.4 Å². The predicted octanol–water partition coefficient (Wildman–Crippen LogP) is 3.96. The van der Waals surface area contributed by atoms with Gasteiger partial charge in [0.25, 0.3) is 0 Å².